The molecule has 1 aromatic heterocycles. The van der Waals surface area contributed by atoms with Crippen LogP contribution < -0.4 is 14.2 Å². The van der Waals surface area contributed by atoms with Crippen molar-refractivity contribution < 1.29 is 28.9 Å². The van der Waals surface area contributed by atoms with Crippen LogP contribution in [0.15, 0.2) is 66.9 Å². The smallest absolute Gasteiger partial charge is 0.415 e. The molecule has 0 aliphatic carbocycles. The van der Waals surface area contributed by atoms with Crippen molar-refractivity contribution in [1.29, 1.82) is 0 Å². The molecule has 4 rings (SSSR count). The zero-order valence-corrected chi connectivity index (χ0v) is 19.0. The fourth-order valence-electron chi connectivity index (χ4n) is 3.49. The highest BCUT2D eigenvalue weighted by Gasteiger charge is 2.25. The molecule has 1 aliphatic rings. The lowest BCUT2D eigenvalue weighted by atomic mass is 10.1. The van der Waals surface area contributed by atoms with Gasteiger partial charge in [-0.15, -0.1) is 0 Å². The zero-order valence-electron chi connectivity index (χ0n) is 18.2. The Bertz CT molecular complexity index is 1110. The number of piperidine rings is 1. The van der Waals surface area contributed by atoms with Crippen LogP contribution in [0, 0.1) is 0 Å². The molecule has 1 amide bonds. The predicted molar refractivity (Wildman–Crippen MR) is 125 cm³/mol. The Kier molecular flexibility index (Phi) is 7.49. The molecular weight excluding hydrogens is 460 g/mol. The molecule has 0 spiro atoms. The van der Waals surface area contributed by atoms with Gasteiger partial charge in [-0.25, -0.2) is 9.78 Å². The van der Waals surface area contributed by atoms with E-state index in [1.165, 1.54) is 6.20 Å². The molecular formula is C25H23ClN2O6. The van der Waals surface area contributed by atoms with Crippen LogP contribution in [0.4, 0.5) is 4.79 Å². The van der Waals surface area contributed by atoms with Crippen molar-refractivity contribution in [3.8, 4) is 23.1 Å². The number of likely N-dealkylation sites (tertiary alicyclic amines) is 1. The zero-order chi connectivity index (χ0) is 23.9. The number of rotatable bonds is 7. The average Bonchev–Trinajstić information content (AvgIpc) is 2.83. The van der Waals surface area contributed by atoms with E-state index < -0.39 is 12.1 Å². The number of amides is 1. The first-order chi connectivity index (χ1) is 16.4. The number of carboxylic acid groups (broad SMARTS) is 1. The highest BCUT2D eigenvalue weighted by Crippen LogP contribution is 2.25. The number of halogens is 1. The van der Waals surface area contributed by atoms with Crippen molar-refractivity contribution in [2.24, 2.45) is 0 Å². The molecule has 1 N–H and O–H groups in total. The Hall–Kier alpha value is -3.78. The molecule has 3 aromatic rings. The van der Waals surface area contributed by atoms with E-state index in [-0.39, 0.29) is 12.5 Å². The van der Waals surface area contributed by atoms with Crippen LogP contribution in [-0.2, 0) is 11.2 Å². The molecule has 1 aliphatic heterocycles. The highest BCUT2D eigenvalue weighted by molar-refractivity contribution is 6.30. The number of hydrogen-bond acceptors (Lipinski definition) is 6. The topological polar surface area (TPSA) is 98.2 Å². The van der Waals surface area contributed by atoms with Crippen molar-refractivity contribution in [1.82, 2.24) is 9.88 Å². The molecule has 1 fully saturated rings. The number of hydrogen-bond donors (Lipinski definition) is 1. The number of carbonyl (C=O) groups excluding carboxylic acids is 1. The van der Waals surface area contributed by atoms with Gasteiger partial charge in [0.1, 0.15) is 23.4 Å². The minimum Gasteiger partial charge on any atom is -0.490 e. The first-order valence-corrected chi connectivity index (χ1v) is 11.2. The van der Waals surface area contributed by atoms with Crippen LogP contribution in [0.25, 0.3) is 0 Å². The van der Waals surface area contributed by atoms with Crippen molar-refractivity contribution in [2.75, 3.05) is 13.1 Å². The van der Waals surface area contributed by atoms with E-state index in [9.17, 15) is 9.59 Å². The quantitative estimate of drug-likeness (QED) is 0.494. The van der Waals surface area contributed by atoms with Gasteiger partial charge in [0.15, 0.2) is 0 Å². The number of carbonyl (C=O) groups is 2. The van der Waals surface area contributed by atoms with Gasteiger partial charge in [0.25, 0.3) is 0 Å². The van der Waals surface area contributed by atoms with E-state index in [1.54, 1.807) is 65.6 Å². The second-order valence-corrected chi connectivity index (χ2v) is 8.21. The number of pyridine rings is 1. The molecule has 0 saturated carbocycles. The predicted octanol–water partition coefficient (Wildman–Crippen LogP) is 5.20. The summed E-state index contributed by atoms with van der Waals surface area (Å²) in [6.07, 6.45) is 2.39. The number of carboxylic acids is 1. The first kappa shape index (κ1) is 23.4. The fourth-order valence-corrected chi connectivity index (χ4v) is 3.61. The van der Waals surface area contributed by atoms with Crippen molar-refractivity contribution >= 4 is 23.7 Å². The van der Waals surface area contributed by atoms with Crippen molar-refractivity contribution in [3.05, 3.63) is 77.4 Å². The molecule has 0 atom stereocenters. The number of benzene rings is 2. The van der Waals surface area contributed by atoms with E-state index in [1.807, 2.05) is 0 Å². The summed E-state index contributed by atoms with van der Waals surface area (Å²) in [7, 11) is 0. The lowest BCUT2D eigenvalue weighted by molar-refractivity contribution is -0.136. The molecule has 9 heteroatoms. The third-order valence-corrected chi connectivity index (χ3v) is 5.46. The van der Waals surface area contributed by atoms with Gasteiger partial charge in [0.05, 0.1) is 11.4 Å². The highest BCUT2D eigenvalue weighted by atomic mass is 35.5. The van der Waals surface area contributed by atoms with Crippen LogP contribution in [0.2, 0.25) is 5.02 Å². The van der Waals surface area contributed by atoms with Gasteiger partial charge in [-0.2, -0.15) is 0 Å². The Morgan fingerprint density at radius 1 is 0.941 bits per heavy atom. The third kappa shape index (κ3) is 6.62. The number of aromatic nitrogens is 1. The summed E-state index contributed by atoms with van der Waals surface area (Å²) in [6.45, 7) is 1.04. The largest absolute Gasteiger partial charge is 0.490 e. The Balaban J connectivity index is 1.22. The Morgan fingerprint density at radius 3 is 2.21 bits per heavy atom. The first-order valence-electron chi connectivity index (χ1n) is 10.8. The van der Waals surface area contributed by atoms with Crippen LogP contribution in [0.5, 0.6) is 23.1 Å². The summed E-state index contributed by atoms with van der Waals surface area (Å²) in [5.41, 5.74) is 0.721. The second kappa shape index (κ2) is 10.9. The van der Waals surface area contributed by atoms with Gasteiger partial charge in [0.2, 0.25) is 5.88 Å². The molecule has 8 nitrogen and oxygen atoms in total. The van der Waals surface area contributed by atoms with Gasteiger partial charge in [0, 0.05) is 38.2 Å². The molecule has 176 valence electrons. The average molecular weight is 483 g/mol. The normalized spacial score (nSPS) is 13.9. The monoisotopic (exact) mass is 482 g/mol. The maximum Gasteiger partial charge on any atom is 0.415 e. The van der Waals surface area contributed by atoms with Crippen LogP contribution in [-0.4, -0.2) is 46.2 Å². The lowest BCUT2D eigenvalue weighted by Crippen LogP contribution is -2.43. The van der Waals surface area contributed by atoms with E-state index in [0.29, 0.717) is 54.1 Å². The summed E-state index contributed by atoms with van der Waals surface area (Å²) >= 11 is 5.82. The lowest BCUT2D eigenvalue weighted by Gasteiger charge is -2.31. The van der Waals surface area contributed by atoms with Crippen LogP contribution >= 0.6 is 11.6 Å². The van der Waals surface area contributed by atoms with Gasteiger partial charge in [-0.1, -0.05) is 23.7 Å². The molecule has 2 heterocycles. The number of aliphatic carboxylic acids is 1. The molecule has 1 saturated heterocycles. The second-order valence-electron chi connectivity index (χ2n) is 7.77. The Labute approximate surface area is 201 Å². The Morgan fingerprint density at radius 2 is 1.59 bits per heavy atom. The van der Waals surface area contributed by atoms with E-state index in [4.69, 9.17) is 30.9 Å². The minimum atomic E-state index is -0.868. The fraction of sp³-hybridized carbons (Fsp3) is 0.240. The summed E-state index contributed by atoms with van der Waals surface area (Å²) in [4.78, 5) is 29.0. The van der Waals surface area contributed by atoms with E-state index in [0.717, 1.165) is 5.56 Å². The molecule has 2 aromatic carbocycles. The third-order valence-electron chi connectivity index (χ3n) is 5.23. The van der Waals surface area contributed by atoms with Crippen LogP contribution in [0.1, 0.15) is 18.4 Å². The number of ether oxygens (including phenoxy) is 3. The van der Waals surface area contributed by atoms with E-state index >= 15 is 0 Å². The van der Waals surface area contributed by atoms with E-state index in [2.05, 4.69) is 4.98 Å². The van der Waals surface area contributed by atoms with Gasteiger partial charge in [-0.3, -0.25) is 4.79 Å². The molecule has 34 heavy (non-hydrogen) atoms. The molecule has 0 radical (unpaired) electrons. The standard InChI is InChI=1S/C25H23ClN2O6/c26-18-3-10-23(27-16-18)33-20-6-8-21(9-7-20)34-25(31)28-13-11-22(12-14-28)32-19-4-1-17(2-5-19)15-24(29)30/h1-10,16,22H,11-15H2,(H,29,30). The van der Waals surface area contributed by atoms with Gasteiger partial charge < -0.3 is 24.2 Å². The summed E-state index contributed by atoms with van der Waals surface area (Å²) in [5.74, 6) is 1.21. The SMILES string of the molecule is O=C(O)Cc1ccc(OC2CCN(C(=O)Oc3ccc(Oc4ccc(Cl)cn4)cc3)CC2)cc1. The van der Waals surface area contributed by atoms with Crippen LogP contribution in [0.3, 0.4) is 0 Å². The van der Waals surface area contributed by atoms with Crippen molar-refractivity contribution in [3.63, 3.8) is 0 Å². The molecule has 0 bridgehead atoms. The summed E-state index contributed by atoms with van der Waals surface area (Å²) in [6, 6.07) is 17.1. The van der Waals surface area contributed by atoms with Crippen molar-refractivity contribution in [2.45, 2.75) is 25.4 Å². The van der Waals surface area contributed by atoms with Gasteiger partial charge >= 0.3 is 12.1 Å². The number of nitrogens with zero attached hydrogens (tertiary/aromatic N) is 2. The van der Waals surface area contributed by atoms with Gasteiger partial charge in [-0.05, 0) is 48.0 Å². The summed E-state index contributed by atoms with van der Waals surface area (Å²) < 4.78 is 17.1. The maximum atomic E-state index is 12.5. The molecule has 0 unspecified atom stereocenters. The maximum absolute atomic E-state index is 12.5. The summed E-state index contributed by atoms with van der Waals surface area (Å²) in [5, 5.41) is 9.37. The minimum absolute atomic E-state index is 0.0178.